The second-order valence-corrected chi connectivity index (χ2v) is 5.32. The summed E-state index contributed by atoms with van der Waals surface area (Å²) in [5, 5.41) is -1.26. The molecule has 1 aromatic carbocycles. The predicted octanol–water partition coefficient (Wildman–Crippen LogP) is 1.85. The van der Waals surface area contributed by atoms with Gasteiger partial charge in [-0.3, -0.25) is 0 Å². The van der Waals surface area contributed by atoms with Gasteiger partial charge in [-0.25, -0.2) is 13.2 Å². The molecule has 0 saturated heterocycles. The smallest absolute Gasteiger partial charge is 0.429 e. The van der Waals surface area contributed by atoms with Crippen LogP contribution in [0.4, 0.5) is 4.79 Å². The summed E-state index contributed by atoms with van der Waals surface area (Å²) in [4.78, 5) is 11.2. The van der Waals surface area contributed by atoms with Crippen LogP contribution in [0.1, 0.15) is 11.1 Å². The Kier molecular flexibility index (Phi) is 3.77. The fraction of sp³-hybridized carbons (Fsp3) is 0.364. The lowest BCUT2D eigenvalue weighted by Gasteiger charge is -2.10. The van der Waals surface area contributed by atoms with E-state index in [1.165, 1.54) is 13.2 Å². The van der Waals surface area contributed by atoms with Gasteiger partial charge in [0.1, 0.15) is 5.75 Å². The van der Waals surface area contributed by atoms with E-state index >= 15 is 0 Å². The van der Waals surface area contributed by atoms with Crippen molar-refractivity contribution in [2.45, 2.75) is 18.7 Å². The van der Waals surface area contributed by atoms with Crippen LogP contribution >= 0.6 is 0 Å². The summed E-state index contributed by atoms with van der Waals surface area (Å²) in [6, 6.07) is 2.98. The highest BCUT2D eigenvalue weighted by atomic mass is 32.2. The number of sulfone groups is 1. The molecule has 0 bridgehead atoms. The molecule has 0 aliphatic rings. The summed E-state index contributed by atoms with van der Waals surface area (Å²) < 4.78 is 33.0. The van der Waals surface area contributed by atoms with Gasteiger partial charge >= 0.3 is 5.30 Å². The van der Waals surface area contributed by atoms with E-state index in [1.807, 2.05) is 0 Å². The monoisotopic (exact) mass is 258 g/mol. The van der Waals surface area contributed by atoms with Gasteiger partial charge in [0.2, 0.25) is 0 Å². The fourth-order valence-electron chi connectivity index (χ4n) is 1.47. The molecule has 0 unspecified atom stereocenters. The highest BCUT2D eigenvalue weighted by molar-refractivity contribution is 8.05. The molecule has 0 spiro atoms. The number of ether oxygens (including phenoxy) is 2. The van der Waals surface area contributed by atoms with E-state index < -0.39 is 15.1 Å². The number of benzene rings is 1. The molecule has 6 heteroatoms. The number of hydrogen-bond acceptors (Lipinski definition) is 5. The van der Waals surface area contributed by atoms with Crippen molar-refractivity contribution in [3.05, 3.63) is 23.3 Å². The highest BCUT2D eigenvalue weighted by Crippen LogP contribution is 2.26. The minimum absolute atomic E-state index is 0.0531. The summed E-state index contributed by atoms with van der Waals surface area (Å²) in [5.74, 6) is 0.575. The van der Waals surface area contributed by atoms with Crippen molar-refractivity contribution in [1.29, 1.82) is 0 Å². The minimum atomic E-state index is -4.08. The van der Waals surface area contributed by atoms with Crippen LogP contribution in [-0.4, -0.2) is 27.9 Å². The van der Waals surface area contributed by atoms with Gasteiger partial charge in [-0.1, -0.05) is 0 Å². The molecule has 5 nitrogen and oxygen atoms in total. The lowest BCUT2D eigenvalue weighted by Crippen LogP contribution is -2.16. The summed E-state index contributed by atoms with van der Waals surface area (Å²) >= 11 is 0. The fourth-order valence-corrected chi connectivity index (χ4v) is 2.69. The minimum Gasteiger partial charge on any atom is -0.496 e. The average Bonchev–Trinajstić information content (AvgIpc) is 2.30. The lowest BCUT2D eigenvalue weighted by molar-refractivity contribution is 0.197. The Labute approximate surface area is 100 Å². The number of carbonyl (C=O) groups is 1. The normalized spacial score (nSPS) is 11.1. The van der Waals surface area contributed by atoms with Gasteiger partial charge in [0.05, 0.1) is 19.1 Å². The Bertz CT molecular complexity index is 545. The largest absolute Gasteiger partial charge is 0.496 e. The van der Waals surface area contributed by atoms with Gasteiger partial charge in [0, 0.05) is 0 Å². The van der Waals surface area contributed by atoms with E-state index in [0.29, 0.717) is 16.9 Å². The second kappa shape index (κ2) is 4.75. The lowest BCUT2D eigenvalue weighted by atomic mass is 10.1. The molecular formula is C11H14O5S. The summed E-state index contributed by atoms with van der Waals surface area (Å²) in [6.07, 6.45) is 0. The van der Waals surface area contributed by atoms with E-state index in [4.69, 9.17) is 4.74 Å². The van der Waals surface area contributed by atoms with Crippen molar-refractivity contribution in [1.82, 2.24) is 0 Å². The van der Waals surface area contributed by atoms with Crippen molar-refractivity contribution in [3.63, 3.8) is 0 Å². The quantitative estimate of drug-likeness (QED) is 0.757. The number of rotatable bonds is 2. The summed E-state index contributed by atoms with van der Waals surface area (Å²) in [7, 11) is -1.55. The molecule has 1 aromatic rings. The summed E-state index contributed by atoms with van der Waals surface area (Å²) in [5.41, 5.74) is 1.08. The standard InChI is InChI=1S/C11H14O5S/c1-7-6-10(8(2)5-9(7)15-3)17(13,14)11(12)16-4/h5-6H,1-4H3. The first kappa shape index (κ1) is 13.5. The Morgan fingerprint density at radius 3 is 2.18 bits per heavy atom. The van der Waals surface area contributed by atoms with Crippen molar-refractivity contribution in [3.8, 4) is 5.75 Å². The van der Waals surface area contributed by atoms with Crippen LogP contribution in [0.3, 0.4) is 0 Å². The van der Waals surface area contributed by atoms with Gasteiger partial charge in [0.15, 0.2) is 0 Å². The molecule has 0 atom stereocenters. The molecule has 1 rings (SSSR count). The average molecular weight is 258 g/mol. The van der Waals surface area contributed by atoms with Gasteiger partial charge in [-0.15, -0.1) is 0 Å². The Morgan fingerprint density at radius 2 is 1.71 bits per heavy atom. The second-order valence-electron chi connectivity index (χ2n) is 3.54. The van der Waals surface area contributed by atoms with Gasteiger partial charge < -0.3 is 9.47 Å². The molecule has 0 heterocycles. The number of carbonyl (C=O) groups excluding carboxylic acids is 1. The molecule has 0 aliphatic carbocycles. The zero-order valence-electron chi connectivity index (χ0n) is 10.1. The van der Waals surface area contributed by atoms with Crippen LogP contribution < -0.4 is 4.74 Å². The topological polar surface area (TPSA) is 69.7 Å². The van der Waals surface area contributed by atoms with Crippen LogP contribution in [0.5, 0.6) is 5.75 Å². The molecule has 0 saturated carbocycles. The van der Waals surface area contributed by atoms with E-state index in [1.54, 1.807) is 19.9 Å². The van der Waals surface area contributed by atoms with Crippen LogP contribution in [0.2, 0.25) is 0 Å². The Balaban J connectivity index is 3.44. The number of methoxy groups -OCH3 is 2. The first-order valence-corrected chi connectivity index (χ1v) is 6.31. The molecule has 0 fully saturated rings. The maximum atomic E-state index is 11.8. The van der Waals surface area contributed by atoms with Crippen molar-refractivity contribution in [2.24, 2.45) is 0 Å². The first-order chi connectivity index (χ1) is 7.84. The molecule has 0 amide bonds. The van der Waals surface area contributed by atoms with Crippen LogP contribution in [-0.2, 0) is 14.6 Å². The maximum absolute atomic E-state index is 11.8. The van der Waals surface area contributed by atoms with Gasteiger partial charge in [-0.05, 0) is 37.1 Å². The van der Waals surface area contributed by atoms with Crippen LogP contribution in [0, 0.1) is 13.8 Å². The van der Waals surface area contributed by atoms with E-state index in [0.717, 1.165) is 7.11 Å². The van der Waals surface area contributed by atoms with Crippen LogP contribution in [0.25, 0.3) is 0 Å². The van der Waals surface area contributed by atoms with E-state index in [2.05, 4.69) is 4.74 Å². The third-order valence-corrected chi connectivity index (χ3v) is 3.99. The van der Waals surface area contributed by atoms with Crippen molar-refractivity contribution < 1.29 is 22.7 Å². The highest BCUT2D eigenvalue weighted by Gasteiger charge is 2.28. The zero-order valence-corrected chi connectivity index (χ0v) is 10.9. The number of hydrogen-bond donors (Lipinski definition) is 0. The Morgan fingerprint density at radius 1 is 1.12 bits per heavy atom. The van der Waals surface area contributed by atoms with Crippen molar-refractivity contribution in [2.75, 3.05) is 14.2 Å². The van der Waals surface area contributed by atoms with Gasteiger partial charge in [-0.2, -0.15) is 0 Å². The third-order valence-electron chi connectivity index (χ3n) is 2.37. The number of aryl methyl sites for hydroxylation is 2. The van der Waals surface area contributed by atoms with E-state index in [-0.39, 0.29) is 4.90 Å². The third kappa shape index (κ3) is 2.41. The molecule has 0 aromatic heterocycles. The van der Waals surface area contributed by atoms with E-state index in [9.17, 15) is 13.2 Å². The molecule has 0 radical (unpaired) electrons. The Hall–Kier alpha value is -1.56. The van der Waals surface area contributed by atoms with Crippen molar-refractivity contribution >= 4 is 15.1 Å². The maximum Gasteiger partial charge on any atom is 0.429 e. The molecule has 94 valence electrons. The molecule has 0 N–H and O–H groups in total. The van der Waals surface area contributed by atoms with Crippen LogP contribution in [0.15, 0.2) is 17.0 Å². The molecular weight excluding hydrogens is 244 g/mol. The first-order valence-electron chi connectivity index (χ1n) is 4.83. The predicted molar refractivity (Wildman–Crippen MR) is 62.1 cm³/mol. The molecule has 17 heavy (non-hydrogen) atoms. The summed E-state index contributed by atoms with van der Waals surface area (Å²) in [6.45, 7) is 3.30. The van der Waals surface area contributed by atoms with Gasteiger partial charge in [0.25, 0.3) is 9.84 Å². The SMILES string of the molecule is COC(=O)S(=O)(=O)c1cc(C)c(OC)cc1C. The zero-order chi connectivity index (χ0) is 13.2. The molecule has 0 aliphatic heterocycles.